The summed E-state index contributed by atoms with van der Waals surface area (Å²) in [5.41, 5.74) is 1.40. The van der Waals surface area contributed by atoms with Gasteiger partial charge in [0.1, 0.15) is 5.82 Å². The van der Waals surface area contributed by atoms with Gasteiger partial charge in [0.25, 0.3) is 0 Å². The van der Waals surface area contributed by atoms with Crippen LogP contribution in [-0.2, 0) is 9.47 Å². The van der Waals surface area contributed by atoms with Gasteiger partial charge in [0.2, 0.25) is 5.78 Å². The average molecular weight is 361 g/mol. The minimum Gasteiger partial charge on any atom is -0.462 e. The topological polar surface area (TPSA) is 85.5 Å². The maximum Gasteiger partial charge on any atom is 0.340 e. The van der Waals surface area contributed by atoms with Crippen LogP contribution < -0.4 is 0 Å². The van der Waals surface area contributed by atoms with Gasteiger partial charge >= 0.3 is 11.9 Å². The molecule has 0 radical (unpaired) electrons. The Hall–Kier alpha value is -2.96. The number of rotatable bonds is 6. The van der Waals surface area contributed by atoms with Crippen LogP contribution in [0.1, 0.15) is 56.3 Å². The van der Waals surface area contributed by atoms with Gasteiger partial charge in [-0.05, 0) is 51.5 Å². The molecule has 6 nitrogen and oxygen atoms in total. The summed E-state index contributed by atoms with van der Waals surface area (Å²) in [6, 6.07) is 5.00. The van der Waals surface area contributed by atoms with Crippen LogP contribution in [0.2, 0.25) is 0 Å². The van der Waals surface area contributed by atoms with Crippen LogP contribution in [0.25, 0.3) is 0 Å². The number of H-pyrrole nitrogens is 1. The lowest BCUT2D eigenvalue weighted by atomic mass is 10.1. The second-order valence-corrected chi connectivity index (χ2v) is 5.77. The molecule has 2 rings (SSSR count). The van der Waals surface area contributed by atoms with Crippen LogP contribution in [0, 0.1) is 19.7 Å². The Morgan fingerprint density at radius 2 is 1.88 bits per heavy atom. The lowest BCUT2D eigenvalue weighted by Crippen LogP contribution is -2.25. The molecule has 1 heterocycles. The van der Waals surface area contributed by atoms with Crippen molar-refractivity contribution in [3.63, 3.8) is 0 Å². The molecule has 0 bridgehead atoms. The highest BCUT2D eigenvalue weighted by molar-refractivity contribution is 6.04. The summed E-state index contributed by atoms with van der Waals surface area (Å²) >= 11 is 0. The second kappa shape index (κ2) is 7.95. The highest BCUT2D eigenvalue weighted by Crippen LogP contribution is 2.21. The number of ketones is 1. The van der Waals surface area contributed by atoms with E-state index in [9.17, 15) is 18.8 Å². The van der Waals surface area contributed by atoms with Crippen LogP contribution in [0.15, 0.2) is 24.3 Å². The first kappa shape index (κ1) is 19.4. The summed E-state index contributed by atoms with van der Waals surface area (Å²) in [5, 5.41) is 0. The smallest absolute Gasteiger partial charge is 0.340 e. The predicted molar refractivity (Wildman–Crippen MR) is 91.8 cm³/mol. The summed E-state index contributed by atoms with van der Waals surface area (Å²) in [7, 11) is 0. The van der Waals surface area contributed by atoms with Crippen molar-refractivity contribution < 1.29 is 28.2 Å². The van der Waals surface area contributed by atoms with Crippen molar-refractivity contribution in [3.8, 4) is 0 Å². The van der Waals surface area contributed by atoms with E-state index < -0.39 is 29.6 Å². The summed E-state index contributed by atoms with van der Waals surface area (Å²) in [4.78, 5) is 39.5. The zero-order valence-corrected chi connectivity index (χ0v) is 15.0. The predicted octanol–water partition coefficient (Wildman–Crippen LogP) is 3.38. The minimum atomic E-state index is -1.11. The number of esters is 2. The standard InChI is InChI=1S/C19H20FNO5/c1-5-25-19(24)15-10(2)16(21-11(15)3)17(22)12(4)26-18(23)13-7-6-8-14(20)9-13/h6-9,12,21H,5H2,1-4H3. The summed E-state index contributed by atoms with van der Waals surface area (Å²) in [6.07, 6.45) is -1.11. The van der Waals surface area contributed by atoms with Crippen LogP contribution in [0.4, 0.5) is 4.39 Å². The molecule has 0 fully saturated rings. The largest absolute Gasteiger partial charge is 0.462 e. The Morgan fingerprint density at radius 1 is 1.19 bits per heavy atom. The molecule has 0 aliphatic heterocycles. The Labute approximate surface area is 150 Å². The van der Waals surface area contributed by atoms with Crippen molar-refractivity contribution in [1.29, 1.82) is 0 Å². The first-order chi connectivity index (χ1) is 12.3. The third-order valence-corrected chi connectivity index (χ3v) is 3.88. The van der Waals surface area contributed by atoms with Gasteiger partial charge in [-0.1, -0.05) is 6.07 Å². The number of benzene rings is 1. The molecule has 0 aliphatic rings. The van der Waals surface area contributed by atoms with Crippen molar-refractivity contribution in [2.75, 3.05) is 6.61 Å². The molecular weight excluding hydrogens is 341 g/mol. The Bertz CT molecular complexity index is 856. The minimum absolute atomic E-state index is 0.0104. The molecule has 7 heteroatoms. The first-order valence-electron chi connectivity index (χ1n) is 8.13. The van der Waals surface area contributed by atoms with Crippen LogP contribution >= 0.6 is 0 Å². The first-order valence-corrected chi connectivity index (χ1v) is 8.13. The molecule has 0 amide bonds. The molecule has 1 aromatic heterocycles. The molecule has 138 valence electrons. The molecule has 0 aliphatic carbocycles. The van der Waals surface area contributed by atoms with Gasteiger partial charge in [0, 0.05) is 5.69 Å². The molecule has 1 N–H and O–H groups in total. The monoisotopic (exact) mass is 361 g/mol. The number of Topliss-reactive ketones (excluding diaryl/α,β-unsaturated/α-hetero) is 1. The number of nitrogens with one attached hydrogen (secondary N) is 1. The summed E-state index contributed by atoms with van der Waals surface area (Å²) in [5.74, 6) is -2.40. The number of aromatic nitrogens is 1. The summed E-state index contributed by atoms with van der Waals surface area (Å²) < 4.78 is 23.3. The fourth-order valence-electron chi connectivity index (χ4n) is 2.61. The number of aromatic amines is 1. The molecule has 26 heavy (non-hydrogen) atoms. The molecule has 0 saturated carbocycles. The average Bonchev–Trinajstić information content (AvgIpc) is 2.88. The maximum atomic E-state index is 13.2. The van der Waals surface area contributed by atoms with E-state index >= 15 is 0 Å². The van der Waals surface area contributed by atoms with Crippen LogP contribution in [0.5, 0.6) is 0 Å². The van der Waals surface area contributed by atoms with Gasteiger partial charge in [-0.3, -0.25) is 4.79 Å². The molecular formula is C19H20FNO5. The zero-order chi connectivity index (χ0) is 19.4. The quantitative estimate of drug-likeness (QED) is 0.630. The zero-order valence-electron chi connectivity index (χ0n) is 15.0. The number of hydrogen-bond acceptors (Lipinski definition) is 5. The van der Waals surface area contributed by atoms with Crippen molar-refractivity contribution in [2.45, 2.75) is 33.8 Å². The van der Waals surface area contributed by atoms with E-state index in [0.29, 0.717) is 16.8 Å². The number of hydrogen-bond donors (Lipinski definition) is 1. The van der Waals surface area contributed by atoms with Crippen molar-refractivity contribution in [2.24, 2.45) is 0 Å². The van der Waals surface area contributed by atoms with Crippen molar-refractivity contribution in [3.05, 3.63) is 58.2 Å². The lowest BCUT2D eigenvalue weighted by Gasteiger charge is -2.12. The Morgan fingerprint density at radius 3 is 2.50 bits per heavy atom. The molecule has 0 saturated heterocycles. The third kappa shape index (κ3) is 3.99. The number of carbonyl (C=O) groups excluding carboxylic acids is 3. The number of aryl methyl sites for hydroxylation is 1. The van der Waals surface area contributed by atoms with E-state index in [1.807, 2.05) is 0 Å². The van der Waals surface area contributed by atoms with Gasteiger partial charge in [-0.25, -0.2) is 14.0 Å². The van der Waals surface area contributed by atoms with Gasteiger partial charge in [-0.2, -0.15) is 0 Å². The fourth-order valence-corrected chi connectivity index (χ4v) is 2.61. The van der Waals surface area contributed by atoms with E-state index in [2.05, 4.69) is 4.98 Å². The maximum absolute atomic E-state index is 13.2. The normalized spacial score (nSPS) is 11.7. The summed E-state index contributed by atoms with van der Waals surface area (Å²) in [6.45, 7) is 6.59. The van der Waals surface area contributed by atoms with Crippen molar-refractivity contribution in [1.82, 2.24) is 4.98 Å². The van der Waals surface area contributed by atoms with Gasteiger partial charge in [0.15, 0.2) is 6.10 Å². The molecule has 1 atom stereocenters. The highest BCUT2D eigenvalue weighted by atomic mass is 19.1. The molecule has 0 spiro atoms. The molecule has 1 aromatic carbocycles. The van der Waals surface area contributed by atoms with Gasteiger partial charge in [-0.15, -0.1) is 0 Å². The Kier molecular flexibility index (Phi) is 5.92. The molecule has 2 aromatic rings. The molecule has 1 unspecified atom stereocenters. The fraction of sp³-hybridized carbons (Fsp3) is 0.316. The third-order valence-electron chi connectivity index (χ3n) is 3.88. The van der Waals surface area contributed by atoms with E-state index in [4.69, 9.17) is 9.47 Å². The number of halogens is 1. The van der Waals surface area contributed by atoms with Crippen LogP contribution in [-0.4, -0.2) is 35.4 Å². The highest BCUT2D eigenvalue weighted by Gasteiger charge is 2.27. The Balaban J connectivity index is 2.19. The van der Waals surface area contributed by atoms with Crippen LogP contribution in [0.3, 0.4) is 0 Å². The number of carbonyl (C=O) groups is 3. The van der Waals surface area contributed by atoms with E-state index in [1.54, 1.807) is 20.8 Å². The van der Waals surface area contributed by atoms with Crippen molar-refractivity contribution >= 4 is 17.7 Å². The van der Waals surface area contributed by atoms with E-state index in [1.165, 1.54) is 25.1 Å². The lowest BCUT2D eigenvalue weighted by molar-refractivity contribution is 0.0316. The van der Waals surface area contributed by atoms with E-state index in [0.717, 1.165) is 6.07 Å². The SMILES string of the molecule is CCOC(=O)c1c(C)[nH]c(C(=O)C(C)OC(=O)c2cccc(F)c2)c1C. The second-order valence-electron chi connectivity index (χ2n) is 5.77. The number of ether oxygens (including phenoxy) is 2. The van der Waals surface area contributed by atoms with Gasteiger partial charge in [0.05, 0.1) is 23.4 Å². The van der Waals surface area contributed by atoms with E-state index in [-0.39, 0.29) is 17.9 Å². The van der Waals surface area contributed by atoms with Gasteiger partial charge < -0.3 is 14.5 Å².